The molecule has 1 aliphatic heterocycles. The standard InChI is InChI=1S/C12H17NS2/c1-3-13(4-2)12-14-11(15-12)10-8-6-5-7-9-10/h5-9,11-12H,3-4H2,1-2H3/p+1. The van der Waals surface area contributed by atoms with E-state index >= 15 is 0 Å². The van der Waals surface area contributed by atoms with Crippen molar-refractivity contribution in [1.82, 2.24) is 0 Å². The third-order valence-electron chi connectivity index (χ3n) is 2.81. The molecule has 15 heavy (non-hydrogen) atoms. The molecule has 0 aromatic heterocycles. The predicted octanol–water partition coefficient (Wildman–Crippen LogP) is 2.37. The highest BCUT2D eigenvalue weighted by atomic mass is 32.3. The maximum Gasteiger partial charge on any atom is 0.184 e. The molecule has 1 aromatic carbocycles. The molecule has 1 saturated heterocycles. The molecule has 0 bridgehead atoms. The van der Waals surface area contributed by atoms with Crippen LogP contribution in [0.15, 0.2) is 30.3 Å². The summed E-state index contributed by atoms with van der Waals surface area (Å²) in [6.45, 7) is 7.02. The molecule has 0 spiro atoms. The summed E-state index contributed by atoms with van der Waals surface area (Å²) < 4.78 is 1.43. The van der Waals surface area contributed by atoms with Gasteiger partial charge in [0.2, 0.25) is 0 Å². The minimum Gasteiger partial charge on any atom is -0.316 e. The van der Waals surface area contributed by atoms with Crippen LogP contribution < -0.4 is 4.90 Å². The van der Waals surface area contributed by atoms with Crippen LogP contribution in [0.3, 0.4) is 0 Å². The largest absolute Gasteiger partial charge is 0.316 e. The first-order chi connectivity index (χ1) is 7.35. The minimum absolute atomic E-state index is 0.671. The van der Waals surface area contributed by atoms with E-state index in [-0.39, 0.29) is 0 Å². The average molecular weight is 240 g/mol. The minimum atomic E-state index is 0.671. The van der Waals surface area contributed by atoms with Crippen LogP contribution >= 0.6 is 23.5 Å². The highest BCUT2D eigenvalue weighted by molar-refractivity contribution is 8.32. The lowest BCUT2D eigenvalue weighted by Gasteiger charge is -2.37. The topological polar surface area (TPSA) is 4.44 Å². The Kier molecular flexibility index (Phi) is 4.00. The summed E-state index contributed by atoms with van der Waals surface area (Å²) >= 11 is 4.22. The summed E-state index contributed by atoms with van der Waals surface area (Å²) in [6.07, 6.45) is 0. The smallest absolute Gasteiger partial charge is 0.184 e. The van der Waals surface area contributed by atoms with Gasteiger partial charge in [-0.3, -0.25) is 0 Å². The summed E-state index contributed by atoms with van der Waals surface area (Å²) in [5.41, 5.74) is 1.47. The van der Waals surface area contributed by atoms with E-state index in [0.717, 1.165) is 4.71 Å². The number of thioether (sulfide) groups is 2. The van der Waals surface area contributed by atoms with Gasteiger partial charge in [-0.1, -0.05) is 53.9 Å². The molecule has 3 heteroatoms. The van der Waals surface area contributed by atoms with E-state index in [9.17, 15) is 0 Å². The number of rotatable bonds is 4. The van der Waals surface area contributed by atoms with E-state index in [4.69, 9.17) is 0 Å². The highest BCUT2D eigenvalue weighted by Gasteiger charge is 2.38. The molecule has 1 fully saturated rings. The Morgan fingerprint density at radius 2 is 1.67 bits per heavy atom. The molecule has 1 heterocycles. The second kappa shape index (κ2) is 5.28. The van der Waals surface area contributed by atoms with E-state index < -0.39 is 0 Å². The second-order valence-electron chi connectivity index (χ2n) is 3.71. The first-order valence-electron chi connectivity index (χ1n) is 5.55. The van der Waals surface area contributed by atoms with Gasteiger partial charge in [0.05, 0.1) is 17.7 Å². The lowest BCUT2D eigenvalue weighted by Crippen LogP contribution is -3.14. The lowest BCUT2D eigenvalue weighted by atomic mass is 10.2. The molecule has 1 nitrogen and oxygen atoms in total. The molecule has 82 valence electrons. The van der Waals surface area contributed by atoms with Crippen LogP contribution in [0.5, 0.6) is 0 Å². The summed E-state index contributed by atoms with van der Waals surface area (Å²) in [6, 6.07) is 10.8. The molecule has 0 radical (unpaired) electrons. The van der Waals surface area contributed by atoms with Gasteiger partial charge in [-0.25, -0.2) is 0 Å². The first kappa shape index (κ1) is 11.4. The molecule has 0 aliphatic carbocycles. The van der Waals surface area contributed by atoms with E-state index in [2.05, 4.69) is 67.7 Å². The molecule has 1 aromatic rings. The molecule has 1 aliphatic rings. The van der Waals surface area contributed by atoms with Gasteiger partial charge in [0.15, 0.2) is 4.71 Å². The molecule has 0 amide bonds. The Morgan fingerprint density at radius 3 is 2.20 bits per heavy atom. The van der Waals surface area contributed by atoms with Gasteiger partial charge in [-0.05, 0) is 19.4 Å². The SMILES string of the molecule is CC[NH+](CC)C1SC(c2ccccc2)S1. The number of nitrogens with one attached hydrogen (secondary N) is 1. The zero-order valence-corrected chi connectivity index (χ0v) is 10.9. The third kappa shape index (κ3) is 2.52. The number of hydrogen-bond acceptors (Lipinski definition) is 2. The Bertz CT molecular complexity index is 292. The van der Waals surface area contributed by atoms with Gasteiger partial charge in [0.1, 0.15) is 0 Å². The van der Waals surface area contributed by atoms with Crippen molar-refractivity contribution in [2.75, 3.05) is 13.1 Å². The van der Waals surface area contributed by atoms with Crippen molar-refractivity contribution in [3.63, 3.8) is 0 Å². The fraction of sp³-hybridized carbons (Fsp3) is 0.500. The van der Waals surface area contributed by atoms with Gasteiger partial charge in [-0.2, -0.15) is 0 Å². The monoisotopic (exact) mass is 240 g/mol. The summed E-state index contributed by atoms with van der Waals surface area (Å²) in [4.78, 5) is 1.71. The average Bonchev–Trinajstić information content (AvgIpc) is 2.24. The van der Waals surface area contributed by atoms with Crippen molar-refractivity contribution >= 4 is 23.5 Å². The van der Waals surface area contributed by atoms with Crippen LogP contribution in [-0.2, 0) is 0 Å². The van der Waals surface area contributed by atoms with Crippen molar-refractivity contribution in [3.05, 3.63) is 35.9 Å². The van der Waals surface area contributed by atoms with Crippen molar-refractivity contribution in [3.8, 4) is 0 Å². The normalized spacial score (nSPS) is 25.3. The maximum atomic E-state index is 2.27. The van der Waals surface area contributed by atoms with Crippen molar-refractivity contribution in [2.45, 2.75) is 23.1 Å². The molecule has 2 rings (SSSR count). The van der Waals surface area contributed by atoms with Crippen LogP contribution in [0.4, 0.5) is 0 Å². The maximum absolute atomic E-state index is 2.27. The number of quaternary nitrogens is 1. The van der Waals surface area contributed by atoms with Crippen LogP contribution in [0.1, 0.15) is 24.0 Å². The van der Waals surface area contributed by atoms with Gasteiger partial charge in [-0.15, -0.1) is 0 Å². The fourth-order valence-corrected chi connectivity index (χ4v) is 4.93. The van der Waals surface area contributed by atoms with Gasteiger partial charge in [0.25, 0.3) is 0 Å². The molecular formula is C12H18NS2+. The van der Waals surface area contributed by atoms with Crippen LogP contribution in [0, 0.1) is 0 Å². The van der Waals surface area contributed by atoms with Crippen molar-refractivity contribution in [1.29, 1.82) is 0 Å². The van der Waals surface area contributed by atoms with Gasteiger partial charge in [0, 0.05) is 0 Å². The van der Waals surface area contributed by atoms with Crippen LogP contribution in [0.25, 0.3) is 0 Å². The zero-order valence-electron chi connectivity index (χ0n) is 9.27. The summed E-state index contributed by atoms with van der Waals surface area (Å²) in [5, 5.41) is 0. The van der Waals surface area contributed by atoms with Gasteiger partial charge >= 0.3 is 0 Å². The predicted molar refractivity (Wildman–Crippen MR) is 70.2 cm³/mol. The molecular weight excluding hydrogens is 222 g/mol. The van der Waals surface area contributed by atoms with Crippen LogP contribution in [0.2, 0.25) is 0 Å². The molecule has 0 saturated carbocycles. The zero-order chi connectivity index (χ0) is 10.7. The Hall–Kier alpha value is -0.120. The van der Waals surface area contributed by atoms with Crippen molar-refractivity contribution < 1.29 is 4.90 Å². The van der Waals surface area contributed by atoms with Crippen LogP contribution in [-0.4, -0.2) is 17.8 Å². The molecule has 0 atom stereocenters. The second-order valence-corrected chi connectivity index (χ2v) is 6.74. The van der Waals surface area contributed by atoms with E-state index in [1.807, 2.05) is 0 Å². The van der Waals surface area contributed by atoms with Gasteiger partial charge < -0.3 is 4.90 Å². The fourth-order valence-electron chi connectivity index (χ4n) is 1.78. The van der Waals surface area contributed by atoms with Crippen molar-refractivity contribution in [2.24, 2.45) is 0 Å². The lowest BCUT2D eigenvalue weighted by molar-refractivity contribution is -0.893. The Balaban J connectivity index is 1.88. The number of hydrogen-bond donors (Lipinski definition) is 1. The summed E-state index contributed by atoms with van der Waals surface area (Å²) in [7, 11) is 0. The Labute approximate surface area is 101 Å². The molecule has 0 unspecified atom stereocenters. The van der Waals surface area contributed by atoms with E-state index in [0.29, 0.717) is 4.58 Å². The van der Waals surface area contributed by atoms with E-state index in [1.54, 1.807) is 4.90 Å². The van der Waals surface area contributed by atoms with E-state index in [1.165, 1.54) is 18.7 Å². The summed E-state index contributed by atoms with van der Waals surface area (Å²) in [5.74, 6) is 0. The third-order valence-corrected chi connectivity index (χ3v) is 6.34. The molecule has 1 N–H and O–H groups in total. The Morgan fingerprint density at radius 1 is 1.07 bits per heavy atom. The first-order valence-corrected chi connectivity index (χ1v) is 7.44. The quantitative estimate of drug-likeness (QED) is 0.862. The highest BCUT2D eigenvalue weighted by Crippen LogP contribution is 2.54. The number of benzene rings is 1.